The van der Waals surface area contributed by atoms with Crippen molar-refractivity contribution in [2.24, 2.45) is 0 Å². The Morgan fingerprint density at radius 3 is 0.667 bits per heavy atom. The van der Waals surface area contributed by atoms with Crippen LogP contribution in [0.4, 0.5) is 0 Å². The quantitative estimate of drug-likeness (QED) is 0.718. The molecule has 0 unspecified atom stereocenters. The zero-order chi connectivity index (χ0) is 19.1. The number of ether oxygens (including phenoxy) is 3. The fraction of sp³-hybridized carbons (Fsp3) is 0.714. The van der Waals surface area contributed by atoms with Crippen LogP contribution in [0, 0.1) is 0 Å². The Kier molecular flexibility index (Phi) is 5.59. The highest BCUT2D eigenvalue weighted by molar-refractivity contribution is 5.68. The lowest BCUT2D eigenvalue weighted by Crippen LogP contribution is -2.25. The molecular weight excluding hydrogens is 300 g/mol. The largest absolute Gasteiger partial charge is 0.496 e. The number of hydrogen-bond donors (Lipinski definition) is 0. The Morgan fingerprint density at radius 2 is 0.583 bits per heavy atom. The smallest absolute Gasteiger partial charge is 0.133 e. The average molecular weight is 337 g/mol. The predicted molar refractivity (Wildman–Crippen MR) is 102 cm³/mol. The molecule has 0 heterocycles. The molecule has 0 saturated heterocycles. The molecule has 0 aliphatic carbocycles. The third-order valence-corrected chi connectivity index (χ3v) is 4.22. The maximum Gasteiger partial charge on any atom is 0.133 e. The van der Waals surface area contributed by atoms with E-state index in [4.69, 9.17) is 14.2 Å². The van der Waals surface area contributed by atoms with Gasteiger partial charge in [-0.2, -0.15) is 0 Å². The normalized spacial score (nSPS) is 13.0. The minimum absolute atomic E-state index is 0.122. The van der Waals surface area contributed by atoms with Gasteiger partial charge in [0.25, 0.3) is 0 Å². The van der Waals surface area contributed by atoms with E-state index < -0.39 is 0 Å². The molecule has 0 atom stereocenters. The van der Waals surface area contributed by atoms with Crippen molar-refractivity contribution in [1.82, 2.24) is 0 Å². The summed E-state index contributed by atoms with van der Waals surface area (Å²) >= 11 is 0. The van der Waals surface area contributed by atoms with E-state index in [9.17, 15) is 0 Å². The van der Waals surface area contributed by atoms with Gasteiger partial charge in [0.15, 0.2) is 0 Å². The highest BCUT2D eigenvalue weighted by atomic mass is 16.5. The second-order valence-corrected chi connectivity index (χ2v) is 9.47. The van der Waals surface area contributed by atoms with Crippen molar-refractivity contribution >= 4 is 0 Å². The highest BCUT2D eigenvalue weighted by Gasteiger charge is 2.39. The van der Waals surface area contributed by atoms with Gasteiger partial charge < -0.3 is 14.2 Å². The topological polar surface area (TPSA) is 27.7 Å². The first-order chi connectivity index (χ1) is 10.7. The molecule has 0 aliphatic heterocycles. The van der Waals surface area contributed by atoms with Gasteiger partial charge in [0.05, 0.1) is 21.3 Å². The zero-order valence-corrected chi connectivity index (χ0v) is 17.7. The van der Waals surface area contributed by atoms with Crippen LogP contribution in [0.1, 0.15) is 79.0 Å². The maximum atomic E-state index is 5.92. The molecule has 0 radical (unpaired) electrons. The van der Waals surface area contributed by atoms with E-state index in [0.717, 1.165) is 33.9 Å². The first-order valence-electron chi connectivity index (χ1n) is 8.59. The summed E-state index contributed by atoms with van der Waals surface area (Å²) < 4.78 is 17.8. The summed E-state index contributed by atoms with van der Waals surface area (Å²) in [7, 11) is 5.19. The monoisotopic (exact) mass is 336 g/mol. The Hall–Kier alpha value is -1.38. The molecule has 3 heteroatoms. The standard InChI is InChI=1S/C21H36O3/c1-19(2,3)13-16(22-10)14(20(4,5)6)18(24-12)15(17(13)23-11)21(7,8)9/h1-12H3. The van der Waals surface area contributed by atoms with Gasteiger partial charge in [0.2, 0.25) is 0 Å². The van der Waals surface area contributed by atoms with Crippen molar-refractivity contribution in [3.05, 3.63) is 16.7 Å². The van der Waals surface area contributed by atoms with Crippen LogP contribution in [0.15, 0.2) is 0 Å². The summed E-state index contributed by atoms with van der Waals surface area (Å²) in [6, 6.07) is 0. The lowest BCUT2D eigenvalue weighted by Gasteiger charge is -2.36. The van der Waals surface area contributed by atoms with Crippen molar-refractivity contribution in [2.75, 3.05) is 21.3 Å². The van der Waals surface area contributed by atoms with Gasteiger partial charge in [-0.05, 0) is 16.2 Å². The zero-order valence-electron chi connectivity index (χ0n) is 17.7. The summed E-state index contributed by atoms with van der Waals surface area (Å²) in [6.07, 6.45) is 0. The summed E-state index contributed by atoms with van der Waals surface area (Å²) in [4.78, 5) is 0. The minimum Gasteiger partial charge on any atom is -0.496 e. The average Bonchev–Trinajstić information content (AvgIpc) is 2.40. The Bertz CT molecular complexity index is 487. The molecule has 0 aliphatic rings. The second-order valence-electron chi connectivity index (χ2n) is 9.47. The van der Waals surface area contributed by atoms with E-state index in [1.54, 1.807) is 21.3 Å². The van der Waals surface area contributed by atoms with Gasteiger partial charge in [-0.3, -0.25) is 0 Å². The highest BCUT2D eigenvalue weighted by Crippen LogP contribution is 2.55. The molecule has 138 valence electrons. The third kappa shape index (κ3) is 3.65. The van der Waals surface area contributed by atoms with E-state index in [2.05, 4.69) is 62.3 Å². The Balaban J connectivity index is 4.27. The number of methoxy groups -OCH3 is 3. The third-order valence-electron chi connectivity index (χ3n) is 4.22. The predicted octanol–water partition coefficient (Wildman–Crippen LogP) is 5.60. The lowest BCUT2D eigenvalue weighted by molar-refractivity contribution is 0.324. The van der Waals surface area contributed by atoms with Crippen LogP contribution in [0.3, 0.4) is 0 Å². The van der Waals surface area contributed by atoms with Crippen LogP contribution in [0.5, 0.6) is 17.2 Å². The molecule has 1 aromatic rings. The molecule has 0 amide bonds. The van der Waals surface area contributed by atoms with E-state index in [1.165, 1.54) is 0 Å². The molecule has 0 bridgehead atoms. The van der Waals surface area contributed by atoms with Crippen molar-refractivity contribution < 1.29 is 14.2 Å². The van der Waals surface area contributed by atoms with Crippen LogP contribution >= 0.6 is 0 Å². The summed E-state index contributed by atoms with van der Waals surface area (Å²) in [5, 5.41) is 0. The molecule has 0 spiro atoms. The Morgan fingerprint density at radius 1 is 0.417 bits per heavy atom. The van der Waals surface area contributed by atoms with Crippen LogP contribution in [-0.4, -0.2) is 21.3 Å². The molecular formula is C21H36O3. The van der Waals surface area contributed by atoms with Crippen molar-refractivity contribution in [2.45, 2.75) is 78.6 Å². The van der Waals surface area contributed by atoms with E-state index in [0.29, 0.717) is 0 Å². The summed E-state index contributed by atoms with van der Waals surface area (Å²) in [6.45, 7) is 19.7. The van der Waals surface area contributed by atoms with E-state index in [-0.39, 0.29) is 16.2 Å². The second kappa shape index (κ2) is 6.50. The van der Waals surface area contributed by atoms with Crippen LogP contribution in [0.2, 0.25) is 0 Å². The van der Waals surface area contributed by atoms with E-state index in [1.807, 2.05) is 0 Å². The Labute approximate surface area is 148 Å². The molecule has 3 nitrogen and oxygen atoms in total. The molecule has 0 saturated carbocycles. The summed E-state index contributed by atoms with van der Waals surface area (Å²) in [5.74, 6) is 2.62. The number of benzene rings is 1. The van der Waals surface area contributed by atoms with Crippen LogP contribution in [-0.2, 0) is 16.2 Å². The fourth-order valence-electron chi connectivity index (χ4n) is 3.34. The molecule has 0 fully saturated rings. The van der Waals surface area contributed by atoms with Crippen molar-refractivity contribution in [3.63, 3.8) is 0 Å². The van der Waals surface area contributed by atoms with Gasteiger partial charge in [-0.15, -0.1) is 0 Å². The maximum absolute atomic E-state index is 5.92. The molecule has 1 rings (SSSR count). The van der Waals surface area contributed by atoms with Crippen LogP contribution in [0.25, 0.3) is 0 Å². The van der Waals surface area contributed by atoms with Gasteiger partial charge in [0, 0.05) is 16.7 Å². The van der Waals surface area contributed by atoms with E-state index >= 15 is 0 Å². The van der Waals surface area contributed by atoms with Gasteiger partial charge in [-0.1, -0.05) is 62.3 Å². The lowest BCUT2D eigenvalue weighted by atomic mass is 9.73. The first kappa shape index (κ1) is 20.7. The van der Waals surface area contributed by atoms with Gasteiger partial charge in [-0.25, -0.2) is 0 Å². The van der Waals surface area contributed by atoms with Crippen molar-refractivity contribution in [1.29, 1.82) is 0 Å². The minimum atomic E-state index is -0.122. The van der Waals surface area contributed by atoms with Gasteiger partial charge >= 0.3 is 0 Å². The molecule has 0 N–H and O–H groups in total. The summed E-state index contributed by atoms with van der Waals surface area (Å²) in [5.41, 5.74) is 2.93. The van der Waals surface area contributed by atoms with Crippen LogP contribution < -0.4 is 14.2 Å². The molecule has 0 aromatic heterocycles. The fourth-order valence-corrected chi connectivity index (χ4v) is 3.34. The molecule has 24 heavy (non-hydrogen) atoms. The SMILES string of the molecule is COc1c(C(C)(C)C)c(OC)c(C(C)(C)C)c(OC)c1C(C)(C)C. The number of rotatable bonds is 3. The number of hydrogen-bond acceptors (Lipinski definition) is 3. The van der Waals surface area contributed by atoms with Gasteiger partial charge in [0.1, 0.15) is 17.2 Å². The van der Waals surface area contributed by atoms with Crippen molar-refractivity contribution in [3.8, 4) is 17.2 Å². The molecule has 1 aromatic carbocycles. The first-order valence-corrected chi connectivity index (χ1v) is 8.59.